The van der Waals surface area contributed by atoms with Gasteiger partial charge in [0, 0.05) is 17.3 Å². The van der Waals surface area contributed by atoms with E-state index in [1.54, 1.807) is 0 Å². The van der Waals surface area contributed by atoms with Gasteiger partial charge in [0.05, 0.1) is 0 Å². The first-order valence-electron chi connectivity index (χ1n) is 6.27. The predicted octanol–water partition coefficient (Wildman–Crippen LogP) is 0.0840. The standard InChI is InChI=1S/C13H17N5O2/c14-17-11(19)7-3-5-9-8-4-1-2-6-10(8)16-12(9)13(20)18-15/h1-2,4,6,16H,3,5,7,14-15H2,(H,17,19)(H,18,20). The quantitative estimate of drug-likeness (QED) is 0.301. The van der Waals surface area contributed by atoms with Gasteiger partial charge in [-0.1, -0.05) is 18.2 Å². The van der Waals surface area contributed by atoms with Crippen molar-refractivity contribution in [3.8, 4) is 0 Å². The highest BCUT2D eigenvalue weighted by molar-refractivity contribution is 6.00. The lowest BCUT2D eigenvalue weighted by atomic mass is 10.0. The zero-order chi connectivity index (χ0) is 14.5. The monoisotopic (exact) mass is 275 g/mol. The van der Waals surface area contributed by atoms with Crippen molar-refractivity contribution < 1.29 is 9.59 Å². The average molecular weight is 275 g/mol. The lowest BCUT2D eigenvalue weighted by Gasteiger charge is -2.04. The summed E-state index contributed by atoms with van der Waals surface area (Å²) >= 11 is 0. The number of rotatable bonds is 5. The molecule has 1 aromatic carbocycles. The molecule has 1 aromatic heterocycles. The summed E-state index contributed by atoms with van der Waals surface area (Å²) in [5, 5.41) is 0.958. The van der Waals surface area contributed by atoms with Gasteiger partial charge < -0.3 is 4.98 Å². The first kappa shape index (κ1) is 14.0. The van der Waals surface area contributed by atoms with E-state index in [9.17, 15) is 9.59 Å². The summed E-state index contributed by atoms with van der Waals surface area (Å²) in [6.45, 7) is 0. The number of amides is 2. The van der Waals surface area contributed by atoms with Gasteiger partial charge in [0.25, 0.3) is 5.91 Å². The molecule has 0 saturated heterocycles. The molecule has 2 amide bonds. The Morgan fingerprint density at radius 2 is 1.90 bits per heavy atom. The number of aromatic nitrogens is 1. The third kappa shape index (κ3) is 2.79. The Hall–Kier alpha value is -2.38. The number of aryl methyl sites for hydroxylation is 1. The molecule has 0 unspecified atom stereocenters. The number of hydrazine groups is 2. The van der Waals surface area contributed by atoms with Crippen molar-refractivity contribution in [2.75, 3.05) is 0 Å². The fraction of sp³-hybridized carbons (Fsp3) is 0.231. The van der Waals surface area contributed by atoms with Crippen molar-refractivity contribution >= 4 is 22.7 Å². The van der Waals surface area contributed by atoms with Crippen LogP contribution in [0.4, 0.5) is 0 Å². The molecule has 2 aromatic rings. The van der Waals surface area contributed by atoms with Gasteiger partial charge in [-0.05, 0) is 24.5 Å². The Morgan fingerprint density at radius 1 is 1.15 bits per heavy atom. The zero-order valence-electron chi connectivity index (χ0n) is 10.9. The van der Waals surface area contributed by atoms with E-state index in [-0.39, 0.29) is 11.8 Å². The van der Waals surface area contributed by atoms with E-state index in [0.717, 1.165) is 16.5 Å². The summed E-state index contributed by atoms with van der Waals surface area (Å²) in [4.78, 5) is 26.0. The van der Waals surface area contributed by atoms with Gasteiger partial charge >= 0.3 is 0 Å². The Bertz CT molecular complexity index is 635. The maximum atomic E-state index is 11.8. The number of H-pyrrole nitrogens is 1. The van der Waals surface area contributed by atoms with Crippen molar-refractivity contribution in [2.24, 2.45) is 11.7 Å². The Morgan fingerprint density at radius 3 is 2.60 bits per heavy atom. The minimum absolute atomic E-state index is 0.227. The summed E-state index contributed by atoms with van der Waals surface area (Å²) in [5.41, 5.74) is 6.36. The highest BCUT2D eigenvalue weighted by Gasteiger charge is 2.16. The fourth-order valence-corrected chi connectivity index (χ4v) is 2.22. The zero-order valence-corrected chi connectivity index (χ0v) is 10.9. The van der Waals surface area contributed by atoms with E-state index in [4.69, 9.17) is 11.7 Å². The number of hydrogen-bond donors (Lipinski definition) is 5. The van der Waals surface area contributed by atoms with Gasteiger partial charge in [0.1, 0.15) is 5.69 Å². The van der Waals surface area contributed by atoms with Crippen molar-refractivity contribution in [1.29, 1.82) is 0 Å². The molecule has 7 N–H and O–H groups in total. The lowest BCUT2D eigenvalue weighted by molar-refractivity contribution is -0.121. The summed E-state index contributed by atoms with van der Waals surface area (Å²) in [6.07, 6.45) is 1.48. The molecule has 0 aliphatic rings. The molecule has 0 spiro atoms. The molecule has 0 bridgehead atoms. The highest BCUT2D eigenvalue weighted by Crippen LogP contribution is 2.24. The van der Waals surface area contributed by atoms with E-state index in [0.29, 0.717) is 25.0 Å². The first-order valence-corrected chi connectivity index (χ1v) is 6.27. The van der Waals surface area contributed by atoms with E-state index in [1.165, 1.54) is 0 Å². The predicted molar refractivity (Wildman–Crippen MR) is 75.2 cm³/mol. The van der Waals surface area contributed by atoms with Crippen LogP contribution in [0.3, 0.4) is 0 Å². The molecular weight excluding hydrogens is 258 g/mol. The number of carbonyl (C=O) groups excluding carboxylic acids is 2. The second-order valence-electron chi connectivity index (χ2n) is 4.42. The number of hydrogen-bond acceptors (Lipinski definition) is 4. The van der Waals surface area contributed by atoms with E-state index in [2.05, 4.69) is 15.8 Å². The number of fused-ring (bicyclic) bond motifs is 1. The second kappa shape index (κ2) is 6.18. The number of para-hydroxylation sites is 1. The second-order valence-corrected chi connectivity index (χ2v) is 4.42. The fourth-order valence-electron chi connectivity index (χ4n) is 2.22. The average Bonchev–Trinajstić information content (AvgIpc) is 2.85. The lowest BCUT2D eigenvalue weighted by Crippen LogP contribution is -2.31. The minimum Gasteiger partial charge on any atom is -0.350 e. The van der Waals surface area contributed by atoms with Crippen LogP contribution in [0.1, 0.15) is 28.9 Å². The Kier molecular flexibility index (Phi) is 4.34. The maximum Gasteiger partial charge on any atom is 0.281 e. The van der Waals surface area contributed by atoms with Gasteiger partial charge in [-0.3, -0.25) is 20.4 Å². The van der Waals surface area contributed by atoms with Crippen LogP contribution in [-0.2, 0) is 11.2 Å². The van der Waals surface area contributed by atoms with Crippen LogP contribution in [0.25, 0.3) is 10.9 Å². The third-order valence-corrected chi connectivity index (χ3v) is 3.16. The van der Waals surface area contributed by atoms with Crippen LogP contribution >= 0.6 is 0 Å². The Balaban J connectivity index is 2.28. The van der Waals surface area contributed by atoms with Gasteiger partial charge in [-0.2, -0.15) is 0 Å². The van der Waals surface area contributed by atoms with Crippen LogP contribution in [0.5, 0.6) is 0 Å². The molecule has 0 atom stereocenters. The van der Waals surface area contributed by atoms with E-state index >= 15 is 0 Å². The number of benzene rings is 1. The molecule has 20 heavy (non-hydrogen) atoms. The smallest absolute Gasteiger partial charge is 0.281 e. The normalized spacial score (nSPS) is 10.5. The number of nitrogens with one attached hydrogen (secondary N) is 3. The third-order valence-electron chi connectivity index (χ3n) is 3.16. The summed E-state index contributed by atoms with van der Waals surface area (Å²) in [7, 11) is 0. The summed E-state index contributed by atoms with van der Waals surface area (Å²) < 4.78 is 0. The molecule has 0 saturated carbocycles. The van der Waals surface area contributed by atoms with Crippen molar-refractivity contribution in [1.82, 2.24) is 15.8 Å². The minimum atomic E-state index is -0.375. The molecule has 0 fully saturated rings. The van der Waals surface area contributed by atoms with Crippen molar-refractivity contribution in [3.63, 3.8) is 0 Å². The maximum absolute atomic E-state index is 11.8. The van der Waals surface area contributed by atoms with Crippen LogP contribution in [0.2, 0.25) is 0 Å². The summed E-state index contributed by atoms with van der Waals surface area (Å²) in [5.74, 6) is 9.63. The molecule has 0 radical (unpaired) electrons. The van der Waals surface area contributed by atoms with Crippen molar-refractivity contribution in [2.45, 2.75) is 19.3 Å². The molecule has 7 nitrogen and oxygen atoms in total. The van der Waals surface area contributed by atoms with Gasteiger partial charge in [0.15, 0.2) is 0 Å². The number of nitrogen functional groups attached to an aromatic ring is 1. The topological polar surface area (TPSA) is 126 Å². The molecule has 2 rings (SSSR count). The van der Waals surface area contributed by atoms with Gasteiger partial charge in [-0.25, -0.2) is 11.7 Å². The van der Waals surface area contributed by atoms with Gasteiger partial charge in [0.2, 0.25) is 5.91 Å². The number of aromatic amines is 1. The SMILES string of the molecule is NNC(=O)CCCc1c(C(=O)NN)[nH]c2ccccc12. The van der Waals surface area contributed by atoms with Crippen LogP contribution in [0.15, 0.2) is 24.3 Å². The van der Waals surface area contributed by atoms with E-state index in [1.807, 2.05) is 24.3 Å². The Labute approximate surface area is 115 Å². The molecule has 7 heteroatoms. The number of nitrogens with two attached hydrogens (primary N) is 2. The summed E-state index contributed by atoms with van der Waals surface area (Å²) in [6, 6.07) is 7.60. The molecule has 0 aliphatic heterocycles. The molecule has 1 heterocycles. The molecule has 106 valence electrons. The van der Waals surface area contributed by atoms with Gasteiger partial charge in [-0.15, -0.1) is 0 Å². The van der Waals surface area contributed by atoms with Crippen molar-refractivity contribution in [3.05, 3.63) is 35.5 Å². The molecular formula is C13H17N5O2. The van der Waals surface area contributed by atoms with E-state index < -0.39 is 0 Å². The van der Waals surface area contributed by atoms with Crippen LogP contribution < -0.4 is 22.5 Å². The van der Waals surface area contributed by atoms with Crippen LogP contribution in [-0.4, -0.2) is 16.8 Å². The first-order chi connectivity index (χ1) is 9.67. The highest BCUT2D eigenvalue weighted by atomic mass is 16.2. The molecule has 0 aliphatic carbocycles. The number of carbonyl (C=O) groups is 2. The largest absolute Gasteiger partial charge is 0.350 e. The van der Waals surface area contributed by atoms with Crippen LogP contribution in [0, 0.1) is 0 Å².